The maximum absolute atomic E-state index is 6.22. The van der Waals surface area contributed by atoms with E-state index in [0.29, 0.717) is 0 Å². The molecule has 2 aromatic rings. The molecular weight excluding hydrogens is 246 g/mol. The Morgan fingerprint density at radius 3 is 2.83 bits per heavy atom. The molecule has 0 spiro atoms. The Balaban J connectivity index is 1.91. The van der Waals surface area contributed by atoms with E-state index in [0.717, 1.165) is 22.9 Å². The molecule has 0 bridgehead atoms. The van der Waals surface area contributed by atoms with Crippen LogP contribution in [0, 0.1) is 0 Å². The van der Waals surface area contributed by atoms with Crippen LogP contribution >= 0.6 is 11.6 Å². The SMILES string of the molecule is COc1cccc(C2Cc3c(Cl)cccc3N2)c1. The predicted octanol–water partition coefficient (Wildman–Crippen LogP) is 4.06. The highest BCUT2D eigenvalue weighted by Gasteiger charge is 2.23. The van der Waals surface area contributed by atoms with Gasteiger partial charge in [0, 0.05) is 17.1 Å². The largest absolute Gasteiger partial charge is 0.497 e. The van der Waals surface area contributed by atoms with Gasteiger partial charge in [0.2, 0.25) is 0 Å². The number of nitrogens with one attached hydrogen (secondary N) is 1. The number of methoxy groups -OCH3 is 1. The quantitative estimate of drug-likeness (QED) is 0.878. The molecular formula is C15H14ClNO. The third-order valence-electron chi connectivity index (χ3n) is 3.35. The van der Waals surface area contributed by atoms with Gasteiger partial charge in [-0.25, -0.2) is 0 Å². The minimum absolute atomic E-state index is 0.273. The molecule has 3 heteroatoms. The van der Waals surface area contributed by atoms with Crippen molar-refractivity contribution in [2.75, 3.05) is 12.4 Å². The molecule has 1 aliphatic heterocycles. The fourth-order valence-electron chi connectivity index (χ4n) is 2.40. The average molecular weight is 260 g/mol. The molecule has 0 saturated heterocycles. The molecule has 0 amide bonds. The van der Waals surface area contributed by atoms with Crippen molar-refractivity contribution in [1.82, 2.24) is 0 Å². The number of benzene rings is 2. The van der Waals surface area contributed by atoms with Crippen molar-refractivity contribution in [1.29, 1.82) is 0 Å². The molecule has 0 aromatic heterocycles. The zero-order chi connectivity index (χ0) is 12.5. The lowest BCUT2D eigenvalue weighted by Gasteiger charge is -2.12. The fraction of sp³-hybridized carbons (Fsp3) is 0.200. The molecule has 2 nitrogen and oxygen atoms in total. The Bertz CT molecular complexity index is 582. The van der Waals surface area contributed by atoms with E-state index in [9.17, 15) is 0 Å². The first-order chi connectivity index (χ1) is 8.78. The first-order valence-corrected chi connectivity index (χ1v) is 6.33. The average Bonchev–Trinajstić information content (AvgIpc) is 2.84. The summed E-state index contributed by atoms with van der Waals surface area (Å²) in [6, 6.07) is 14.4. The molecule has 1 unspecified atom stereocenters. The molecule has 2 aromatic carbocycles. The van der Waals surface area contributed by atoms with E-state index in [4.69, 9.17) is 16.3 Å². The lowest BCUT2D eigenvalue weighted by molar-refractivity contribution is 0.414. The highest BCUT2D eigenvalue weighted by atomic mass is 35.5. The highest BCUT2D eigenvalue weighted by molar-refractivity contribution is 6.31. The summed E-state index contributed by atoms with van der Waals surface area (Å²) < 4.78 is 5.26. The molecule has 18 heavy (non-hydrogen) atoms. The highest BCUT2D eigenvalue weighted by Crippen LogP contribution is 2.38. The van der Waals surface area contributed by atoms with Crippen molar-refractivity contribution in [3.63, 3.8) is 0 Å². The zero-order valence-corrected chi connectivity index (χ0v) is 10.9. The zero-order valence-electron chi connectivity index (χ0n) is 10.1. The van der Waals surface area contributed by atoms with Crippen molar-refractivity contribution >= 4 is 17.3 Å². The van der Waals surface area contributed by atoms with Crippen LogP contribution in [0.1, 0.15) is 17.2 Å². The van der Waals surface area contributed by atoms with Crippen LogP contribution < -0.4 is 10.1 Å². The number of anilines is 1. The fourth-order valence-corrected chi connectivity index (χ4v) is 2.66. The van der Waals surface area contributed by atoms with Crippen molar-refractivity contribution in [3.8, 4) is 5.75 Å². The third kappa shape index (κ3) is 1.93. The summed E-state index contributed by atoms with van der Waals surface area (Å²) in [6.45, 7) is 0. The van der Waals surface area contributed by atoms with Gasteiger partial charge in [0.15, 0.2) is 0 Å². The number of fused-ring (bicyclic) bond motifs is 1. The monoisotopic (exact) mass is 259 g/mol. The van der Waals surface area contributed by atoms with Crippen LogP contribution in [0.25, 0.3) is 0 Å². The molecule has 0 aliphatic carbocycles. The minimum atomic E-state index is 0.273. The second kappa shape index (κ2) is 4.54. The van der Waals surface area contributed by atoms with Gasteiger partial charge in [0.05, 0.1) is 13.2 Å². The topological polar surface area (TPSA) is 21.3 Å². The number of ether oxygens (including phenoxy) is 1. The molecule has 1 heterocycles. The Kier molecular flexibility index (Phi) is 2.88. The Labute approximate surface area is 112 Å². The van der Waals surface area contributed by atoms with Crippen LogP contribution in [0.4, 0.5) is 5.69 Å². The van der Waals surface area contributed by atoms with E-state index in [-0.39, 0.29) is 6.04 Å². The van der Waals surface area contributed by atoms with Crippen molar-refractivity contribution in [2.24, 2.45) is 0 Å². The Morgan fingerprint density at radius 1 is 1.22 bits per heavy atom. The molecule has 0 saturated carbocycles. The number of halogens is 1. The van der Waals surface area contributed by atoms with Gasteiger partial charge in [-0.1, -0.05) is 29.8 Å². The van der Waals surface area contributed by atoms with Crippen molar-refractivity contribution < 1.29 is 4.74 Å². The molecule has 1 aliphatic rings. The molecule has 0 radical (unpaired) electrons. The Hall–Kier alpha value is -1.67. The van der Waals surface area contributed by atoms with Crippen molar-refractivity contribution in [2.45, 2.75) is 12.5 Å². The van der Waals surface area contributed by atoms with E-state index >= 15 is 0 Å². The smallest absolute Gasteiger partial charge is 0.119 e. The first-order valence-electron chi connectivity index (χ1n) is 5.96. The third-order valence-corrected chi connectivity index (χ3v) is 3.71. The van der Waals surface area contributed by atoms with E-state index in [2.05, 4.69) is 23.5 Å². The van der Waals surface area contributed by atoms with Crippen LogP contribution in [0.2, 0.25) is 5.02 Å². The summed E-state index contributed by atoms with van der Waals surface area (Å²) in [5, 5.41) is 4.34. The van der Waals surface area contributed by atoms with Gasteiger partial charge in [0.1, 0.15) is 5.75 Å². The van der Waals surface area contributed by atoms with Gasteiger partial charge in [-0.15, -0.1) is 0 Å². The van der Waals surface area contributed by atoms with E-state index in [1.807, 2.05) is 24.3 Å². The summed E-state index contributed by atoms with van der Waals surface area (Å²) in [5.41, 5.74) is 3.56. The molecule has 0 fully saturated rings. The lowest BCUT2D eigenvalue weighted by Crippen LogP contribution is -2.05. The van der Waals surface area contributed by atoms with Gasteiger partial charge in [-0.3, -0.25) is 0 Å². The number of hydrogen-bond acceptors (Lipinski definition) is 2. The van der Waals surface area contributed by atoms with Crippen LogP contribution in [0.5, 0.6) is 5.75 Å². The van der Waals surface area contributed by atoms with Crippen LogP contribution in [-0.4, -0.2) is 7.11 Å². The van der Waals surface area contributed by atoms with Crippen molar-refractivity contribution in [3.05, 3.63) is 58.6 Å². The number of rotatable bonds is 2. The van der Waals surface area contributed by atoms with E-state index in [1.165, 1.54) is 11.1 Å². The van der Waals surface area contributed by atoms with Gasteiger partial charge in [0.25, 0.3) is 0 Å². The molecule has 1 atom stereocenters. The summed E-state index contributed by atoms with van der Waals surface area (Å²) in [6.07, 6.45) is 0.919. The summed E-state index contributed by atoms with van der Waals surface area (Å²) >= 11 is 6.22. The molecule has 1 N–H and O–H groups in total. The molecule has 92 valence electrons. The Morgan fingerprint density at radius 2 is 2.06 bits per heavy atom. The minimum Gasteiger partial charge on any atom is -0.497 e. The summed E-state index contributed by atoms with van der Waals surface area (Å²) in [5.74, 6) is 0.886. The van der Waals surface area contributed by atoms with E-state index in [1.54, 1.807) is 7.11 Å². The summed E-state index contributed by atoms with van der Waals surface area (Å²) in [7, 11) is 1.69. The van der Waals surface area contributed by atoms with Gasteiger partial charge in [-0.2, -0.15) is 0 Å². The van der Waals surface area contributed by atoms with Crippen LogP contribution in [0.3, 0.4) is 0 Å². The van der Waals surface area contributed by atoms with E-state index < -0.39 is 0 Å². The standard InChI is InChI=1S/C15H14ClNO/c1-18-11-5-2-4-10(8-11)15-9-12-13(16)6-3-7-14(12)17-15/h2-8,15,17H,9H2,1H3. The maximum Gasteiger partial charge on any atom is 0.119 e. The first kappa shape index (κ1) is 11.4. The number of hydrogen-bond donors (Lipinski definition) is 1. The summed E-state index contributed by atoms with van der Waals surface area (Å²) in [4.78, 5) is 0. The maximum atomic E-state index is 6.22. The van der Waals surface area contributed by atoms with Crippen LogP contribution in [0.15, 0.2) is 42.5 Å². The van der Waals surface area contributed by atoms with Gasteiger partial charge < -0.3 is 10.1 Å². The van der Waals surface area contributed by atoms with Crippen LogP contribution in [-0.2, 0) is 6.42 Å². The molecule has 3 rings (SSSR count). The second-order valence-corrected chi connectivity index (χ2v) is 4.85. The van der Waals surface area contributed by atoms with Gasteiger partial charge in [-0.05, 0) is 35.4 Å². The normalized spacial score (nSPS) is 17.1. The second-order valence-electron chi connectivity index (χ2n) is 4.44. The predicted molar refractivity (Wildman–Crippen MR) is 74.5 cm³/mol. The van der Waals surface area contributed by atoms with Gasteiger partial charge >= 0.3 is 0 Å². The lowest BCUT2D eigenvalue weighted by atomic mass is 10.0.